The van der Waals surface area contributed by atoms with Crippen molar-refractivity contribution in [1.29, 1.82) is 0 Å². The number of esters is 2. The zero-order valence-corrected chi connectivity index (χ0v) is 36.4. The van der Waals surface area contributed by atoms with Crippen LogP contribution in [0.2, 0.25) is 0 Å². The molecule has 5 saturated heterocycles. The molecule has 58 heavy (non-hydrogen) atoms. The van der Waals surface area contributed by atoms with Crippen LogP contribution in [0, 0.1) is 47.3 Å². The molecule has 0 aromatic rings. The largest absolute Gasteiger partial charge is 0.462 e. The Morgan fingerprint density at radius 1 is 1.14 bits per heavy atom. The zero-order valence-electron chi connectivity index (χ0n) is 34.8. The van der Waals surface area contributed by atoms with Crippen LogP contribution in [0.25, 0.3) is 0 Å². The van der Waals surface area contributed by atoms with Gasteiger partial charge in [0.15, 0.2) is 0 Å². The molecule has 9 N–H and O–H groups in total. The minimum atomic E-state index is -1.06. The number of aliphatic hydroxyl groups excluding tert-OH is 3. The van der Waals surface area contributed by atoms with Gasteiger partial charge in [-0.25, -0.2) is 4.79 Å². The summed E-state index contributed by atoms with van der Waals surface area (Å²) in [4.78, 5) is 44.0. The van der Waals surface area contributed by atoms with Gasteiger partial charge in [0.2, 0.25) is 5.91 Å². The molecule has 0 bridgehead atoms. The van der Waals surface area contributed by atoms with Gasteiger partial charge < -0.3 is 45.1 Å². The molecule has 5 heterocycles. The lowest BCUT2D eigenvalue weighted by Gasteiger charge is -2.56. The summed E-state index contributed by atoms with van der Waals surface area (Å²) in [6.07, 6.45) is 9.77. The van der Waals surface area contributed by atoms with Gasteiger partial charge in [-0.2, -0.15) is 0 Å². The van der Waals surface area contributed by atoms with Crippen LogP contribution in [0.5, 0.6) is 0 Å². The fourth-order valence-electron chi connectivity index (χ4n) is 12.2. The lowest BCUT2D eigenvalue weighted by atomic mass is 9.56. The third kappa shape index (κ3) is 8.82. The Balaban J connectivity index is 1.23. The summed E-state index contributed by atoms with van der Waals surface area (Å²) in [6, 6.07) is 0.243. The van der Waals surface area contributed by atoms with Crippen LogP contribution in [-0.4, -0.2) is 132 Å². The van der Waals surface area contributed by atoms with Gasteiger partial charge >= 0.3 is 11.9 Å². The van der Waals surface area contributed by atoms with Crippen molar-refractivity contribution in [3.8, 4) is 0 Å². The smallest absolute Gasteiger partial charge is 0.334 e. The van der Waals surface area contributed by atoms with Crippen LogP contribution in [-0.2, 0) is 28.6 Å². The summed E-state index contributed by atoms with van der Waals surface area (Å²) < 4.78 is 20.6. The third-order valence-corrected chi connectivity index (χ3v) is 17.6. The van der Waals surface area contributed by atoms with E-state index in [0.717, 1.165) is 37.6 Å². The van der Waals surface area contributed by atoms with Crippen LogP contribution >= 0.6 is 21.6 Å². The molecule has 1 saturated carbocycles. The molecule has 14 atom stereocenters. The van der Waals surface area contributed by atoms with Gasteiger partial charge in [-0.1, -0.05) is 39.3 Å². The van der Waals surface area contributed by atoms with E-state index in [1.54, 1.807) is 13.0 Å². The molecule has 7 rings (SSSR count). The van der Waals surface area contributed by atoms with Crippen molar-refractivity contribution in [2.24, 2.45) is 53.1 Å². The van der Waals surface area contributed by atoms with E-state index in [0.29, 0.717) is 69.3 Å². The van der Waals surface area contributed by atoms with Gasteiger partial charge in [0.1, 0.15) is 23.5 Å². The number of rotatable bonds is 12. The number of fused-ring (bicyclic) bond motifs is 7. The topological polar surface area (TPSA) is 202 Å². The van der Waals surface area contributed by atoms with E-state index >= 15 is 0 Å². The maximum atomic E-state index is 14.3. The van der Waals surface area contributed by atoms with Crippen molar-refractivity contribution in [1.82, 2.24) is 4.90 Å². The number of aliphatic hydroxyl groups is 3. The van der Waals surface area contributed by atoms with Crippen molar-refractivity contribution in [3.63, 3.8) is 0 Å². The SMILES string of the molecule is CC=C(CCO)C(=O)O[C@@]1(C)CC=C2CSSC[C@H]3[C@@H](C[NH2+]C)CN3C(=O)CC3C[NH2+]C(N)CC3[C@H]2[C@@]12CC1CC3CC(C[C@H](CO)CCCO)C(=O)OC3CC1O2. The molecule has 0 aromatic heterocycles. The van der Waals surface area contributed by atoms with Gasteiger partial charge in [0.05, 0.1) is 38.2 Å². The number of nitrogens with zero attached hydrogens (tertiary/aromatic N) is 1. The molecular weight excluding hydrogens is 781 g/mol. The van der Waals surface area contributed by atoms with Crippen molar-refractivity contribution in [3.05, 3.63) is 23.3 Å². The predicted molar refractivity (Wildman–Crippen MR) is 222 cm³/mol. The van der Waals surface area contributed by atoms with Gasteiger partial charge in [0.25, 0.3) is 0 Å². The molecule has 8 unspecified atom stereocenters. The number of allylic oxidation sites excluding steroid dienone is 1. The number of carbonyl (C=O) groups excluding carboxylic acids is 3. The molecule has 326 valence electrons. The summed E-state index contributed by atoms with van der Waals surface area (Å²) >= 11 is 0. The van der Waals surface area contributed by atoms with Crippen molar-refractivity contribution in [2.45, 2.75) is 120 Å². The Morgan fingerprint density at radius 2 is 1.97 bits per heavy atom. The number of nitrogens with two attached hydrogens (primary N) is 3. The van der Waals surface area contributed by atoms with Crippen molar-refractivity contribution < 1.29 is 54.5 Å². The fraction of sp³-hybridized carbons (Fsp3) is 0.837. The highest BCUT2D eigenvalue weighted by Gasteiger charge is 2.68. The number of piperidine rings is 1. The fourth-order valence-corrected chi connectivity index (χ4v) is 14.8. The second kappa shape index (κ2) is 19.1. The standard InChI is InChI=1S/C43H68N4O9S2/c1-4-26(8-11-49)41(53)56-42(2)9-7-27-23-57-58-24-34-32(19-45-3)21-47(34)38(51)15-31-20-46-37(44)16-33(31)39(27)43(42)18-30-14-28-13-29(12-25(22-50)6-5-10-48)40(52)54-35(28)17-36(30)55-43/h4,7,25,28-37,39,45-46,48-50H,5-6,8-24,44H2,1-3H3/p+2/t25-,28?,29?,30?,31?,32+,33?,34+,35?,36?,37?,39+,42+,43+/m1/s1. The summed E-state index contributed by atoms with van der Waals surface area (Å²) in [7, 11) is 5.80. The second-order valence-electron chi connectivity index (χ2n) is 18.7. The van der Waals surface area contributed by atoms with E-state index in [4.69, 9.17) is 19.9 Å². The molecular formula is C43H70N4O9S2+2. The molecule has 0 aromatic carbocycles. The lowest BCUT2D eigenvalue weighted by molar-refractivity contribution is -0.706. The minimum absolute atomic E-state index is 0.00987. The molecule has 0 radical (unpaired) electrons. The van der Waals surface area contributed by atoms with Gasteiger partial charge in [-0.3, -0.25) is 15.3 Å². The van der Waals surface area contributed by atoms with Crippen LogP contribution in [0.15, 0.2) is 23.3 Å². The average molecular weight is 851 g/mol. The predicted octanol–water partition coefficient (Wildman–Crippen LogP) is 1.11. The highest BCUT2D eigenvalue weighted by Crippen LogP contribution is 2.62. The first-order chi connectivity index (χ1) is 28.0. The Bertz CT molecular complexity index is 1550. The quantitative estimate of drug-likeness (QED) is 0.0709. The number of amides is 1. The van der Waals surface area contributed by atoms with E-state index in [1.807, 2.05) is 28.5 Å². The number of carbonyl (C=O) groups is 3. The van der Waals surface area contributed by atoms with Crippen LogP contribution in [0.4, 0.5) is 0 Å². The lowest BCUT2D eigenvalue weighted by Crippen LogP contribution is -2.96. The minimum Gasteiger partial charge on any atom is -0.462 e. The Labute approximate surface area is 352 Å². The summed E-state index contributed by atoms with van der Waals surface area (Å²) in [5, 5.41) is 33.7. The molecule has 5 aliphatic heterocycles. The molecule has 13 nitrogen and oxygen atoms in total. The normalized spacial score (nSPS) is 40.9. The Hall–Kier alpha value is -1.69. The average Bonchev–Trinajstić information content (AvgIpc) is 3.56. The molecule has 15 heteroatoms. The van der Waals surface area contributed by atoms with E-state index in [2.05, 4.69) is 28.7 Å². The second-order valence-corrected chi connectivity index (χ2v) is 21.2. The maximum Gasteiger partial charge on any atom is 0.334 e. The first-order valence-corrected chi connectivity index (χ1v) is 24.7. The van der Waals surface area contributed by atoms with Crippen LogP contribution in [0.3, 0.4) is 0 Å². The number of quaternary nitrogens is 2. The molecule has 7 aliphatic rings. The van der Waals surface area contributed by atoms with Gasteiger partial charge in [-0.05, 0) is 76.0 Å². The van der Waals surface area contributed by atoms with E-state index in [1.165, 1.54) is 5.57 Å². The van der Waals surface area contributed by atoms with Crippen LogP contribution in [0.1, 0.15) is 84.5 Å². The first kappa shape index (κ1) is 44.4. The zero-order chi connectivity index (χ0) is 41.2. The Morgan fingerprint density at radius 3 is 2.71 bits per heavy atom. The van der Waals surface area contributed by atoms with Crippen LogP contribution < -0.4 is 16.4 Å². The number of hydrogen-bond acceptors (Lipinski definition) is 12. The number of ether oxygens (including phenoxy) is 3. The van der Waals surface area contributed by atoms with Gasteiger partial charge in [0, 0.05) is 93.3 Å². The van der Waals surface area contributed by atoms with E-state index in [9.17, 15) is 29.7 Å². The molecule has 2 aliphatic carbocycles. The summed E-state index contributed by atoms with van der Waals surface area (Å²) in [5.41, 5.74) is 6.55. The summed E-state index contributed by atoms with van der Waals surface area (Å²) in [6.45, 7) is 6.26. The molecule has 1 spiro atoms. The van der Waals surface area contributed by atoms with Crippen molar-refractivity contribution in [2.75, 3.05) is 58.0 Å². The van der Waals surface area contributed by atoms with E-state index < -0.39 is 17.2 Å². The molecule has 1 amide bonds. The third-order valence-electron chi connectivity index (χ3n) is 15.3. The summed E-state index contributed by atoms with van der Waals surface area (Å²) in [5.74, 6) is 1.56. The van der Waals surface area contributed by atoms with Gasteiger partial charge in [-0.15, -0.1) is 0 Å². The monoisotopic (exact) mass is 850 g/mol. The Kier molecular flexibility index (Phi) is 14.6. The first-order valence-electron chi connectivity index (χ1n) is 22.2. The highest BCUT2D eigenvalue weighted by molar-refractivity contribution is 8.76. The van der Waals surface area contributed by atoms with E-state index in [-0.39, 0.29) is 104 Å². The van der Waals surface area contributed by atoms with Crippen molar-refractivity contribution >= 4 is 39.4 Å². The molecule has 6 fully saturated rings. The maximum absolute atomic E-state index is 14.3. The number of hydrogen-bond donors (Lipinski definition) is 6. The highest BCUT2D eigenvalue weighted by atomic mass is 33.1.